The number of amides is 3. The Bertz CT molecular complexity index is 1060. The van der Waals surface area contributed by atoms with E-state index in [1.807, 2.05) is 0 Å². The number of halogens is 5. The molecule has 31 heavy (non-hydrogen) atoms. The summed E-state index contributed by atoms with van der Waals surface area (Å²) in [6.07, 6.45) is -1.27. The predicted molar refractivity (Wildman–Crippen MR) is 128 cm³/mol. The number of carbonyl (C=O) groups excluding carboxylic acids is 2. The van der Waals surface area contributed by atoms with Gasteiger partial charge in [-0.1, -0.05) is 70.1 Å². The van der Waals surface area contributed by atoms with Gasteiger partial charge in [0.1, 0.15) is 0 Å². The molecule has 1 heterocycles. The summed E-state index contributed by atoms with van der Waals surface area (Å²) in [4.78, 5) is 32.1. The van der Waals surface area contributed by atoms with Gasteiger partial charge in [0.05, 0.1) is 22.1 Å². The highest BCUT2D eigenvalue weighted by atomic mass is 35.6. The highest BCUT2D eigenvalue weighted by Crippen LogP contribution is 2.37. The molecule has 1 atom stereocenters. The lowest BCUT2D eigenvalue weighted by molar-refractivity contribution is -0.119. The summed E-state index contributed by atoms with van der Waals surface area (Å²) in [5.41, 5.74) is 1.39. The molecule has 0 saturated carbocycles. The van der Waals surface area contributed by atoms with Crippen LogP contribution in [0.1, 0.15) is 0 Å². The van der Waals surface area contributed by atoms with Crippen molar-refractivity contribution in [1.82, 2.24) is 4.90 Å². The van der Waals surface area contributed by atoms with Gasteiger partial charge in [-0.15, -0.1) is 0 Å². The Morgan fingerprint density at radius 3 is 2.32 bits per heavy atom. The van der Waals surface area contributed by atoms with E-state index in [1.165, 1.54) is 13.1 Å². The monoisotopic (exact) mass is 521 g/mol. The number of para-hydroxylation sites is 2. The van der Waals surface area contributed by atoms with E-state index in [9.17, 15) is 9.59 Å². The van der Waals surface area contributed by atoms with Gasteiger partial charge in [-0.2, -0.15) is 0 Å². The van der Waals surface area contributed by atoms with Crippen LogP contribution >= 0.6 is 58.0 Å². The van der Waals surface area contributed by atoms with Gasteiger partial charge in [-0.25, -0.2) is 14.7 Å². The largest absolute Gasteiger partial charge is 0.386 e. The molecule has 0 aromatic heterocycles. The van der Waals surface area contributed by atoms with E-state index in [0.29, 0.717) is 22.1 Å². The number of aliphatic imine (C=N–C) groups is 1. The highest BCUT2D eigenvalue weighted by molar-refractivity contribution is 6.68. The number of hydrogen-bond donors (Lipinski definition) is 2. The first kappa shape index (κ1) is 23.8. The summed E-state index contributed by atoms with van der Waals surface area (Å²) in [6, 6.07) is 11.0. The van der Waals surface area contributed by atoms with Gasteiger partial charge in [-0.05, 0) is 30.3 Å². The van der Waals surface area contributed by atoms with Gasteiger partial charge >= 0.3 is 6.03 Å². The van der Waals surface area contributed by atoms with Crippen molar-refractivity contribution in [2.75, 3.05) is 29.6 Å². The molecule has 12 heteroatoms. The van der Waals surface area contributed by atoms with Crippen molar-refractivity contribution < 1.29 is 9.59 Å². The van der Waals surface area contributed by atoms with Crippen LogP contribution in [0.5, 0.6) is 0 Å². The van der Waals surface area contributed by atoms with Crippen molar-refractivity contribution in [2.45, 2.75) is 9.96 Å². The second kappa shape index (κ2) is 9.30. The fraction of sp³-hybridized carbons (Fsp3) is 0.211. The number of nitrogens with one attached hydrogen (secondary N) is 2. The van der Waals surface area contributed by atoms with Crippen LogP contribution in [0, 0.1) is 0 Å². The maximum Gasteiger partial charge on any atom is 0.337 e. The van der Waals surface area contributed by atoms with Gasteiger partial charge in [-0.3, -0.25) is 9.69 Å². The minimum absolute atomic E-state index is 0.218. The van der Waals surface area contributed by atoms with Gasteiger partial charge in [0.25, 0.3) is 5.91 Å². The number of benzene rings is 2. The van der Waals surface area contributed by atoms with Crippen molar-refractivity contribution in [3.8, 4) is 0 Å². The number of hydrogen-bond acceptors (Lipinski definition) is 5. The maximum atomic E-state index is 12.8. The maximum absolute atomic E-state index is 12.8. The van der Waals surface area contributed by atoms with Crippen LogP contribution in [-0.4, -0.2) is 46.7 Å². The lowest BCUT2D eigenvalue weighted by Gasteiger charge is -2.25. The van der Waals surface area contributed by atoms with Crippen molar-refractivity contribution in [2.24, 2.45) is 4.99 Å². The first-order valence-electron chi connectivity index (χ1n) is 8.79. The van der Waals surface area contributed by atoms with Crippen LogP contribution in [0.4, 0.5) is 21.9 Å². The third-order valence-corrected chi connectivity index (χ3v) is 5.55. The molecule has 2 aromatic rings. The van der Waals surface area contributed by atoms with Crippen LogP contribution < -0.4 is 15.5 Å². The quantitative estimate of drug-likeness (QED) is 0.393. The molecule has 0 spiro atoms. The Labute approximate surface area is 203 Å². The van der Waals surface area contributed by atoms with E-state index in [-0.39, 0.29) is 10.9 Å². The number of likely N-dealkylation sites (N-methyl/N-ethyl adjacent to an activating group) is 1. The molecule has 0 radical (unpaired) electrons. The molecule has 3 amide bonds. The number of imide groups is 1. The Balaban J connectivity index is 2.10. The molecule has 1 unspecified atom stereocenters. The zero-order valence-corrected chi connectivity index (χ0v) is 19.9. The van der Waals surface area contributed by atoms with Gasteiger partial charge < -0.3 is 10.6 Å². The number of nitrogens with zero attached hydrogens (tertiary/aromatic N) is 3. The number of rotatable bonds is 5. The fourth-order valence-electron chi connectivity index (χ4n) is 2.85. The summed E-state index contributed by atoms with van der Waals surface area (Å²) in [7, 11) is 3.03. The minimum Gasteiger partial charge on any atom is -0.386 e. The minimum atomic E-state index is -1.99. The third-order valence-electron chi connectivity index (χ3n) is 4.39. The molecule has 7 nitrogen and oxygen atoms in total. The van der Waals surface area contributed by atoms with Crippen LogP contribution in [0.2, 0.25) is 10.0 Å². The third kappa shape index (κ3) is 4.96. The average molecular weight is 524 g/mol. The van der Waals surface area contributed by atoms with Crippen molar-refractivity contribution in [3.05, 3.63) is 52.5 Å². The normalized spacial score (nSPS) is 16.8. The Hall–Kier alpha value is -1.90. The molecule has 1 aliphatic heterocycles. The van der Waals surface area contributed by atoms with E-state index in [0.717, 1.165) is 9.80 Å². The first-order chi connectivity index (χ1) is 14.5. The zero-order chi connectivity index (χ0) is 22.9. The molecular formula is C19H16Cl5N5O2. The van der Waals surface area contributed by atoms with E-state index in [2.05, 4.69) is 15.6 Å². The second-order valence-corrected chi connectivity index (χ2v) is 9.63. The molecule has 1 fully saturated rings. The van der Waals surface area contributed by atoms with E-state index in [4.69, 9.17) is 58.0 Å². The Morgan fingerprint density at radius 2 is 1.71 bits per heavy atom. The number of amidine groups is 1. The standard InChI is InChI=1S/C19H16Cl5N5O2/c1-25-13-5-3-4-6-14(13)29-15(16(30)28(2)18(29)31)27-17(19(22,23)24)26-12-8-7-10(20)9-11(12)21/h3-9,17,25-26H,1-2H3. The zero-order valence-electron chi connectivity index (χ0n) is 16.2. The summed E-state index contributed by atoms with van der Waals surface area (Å²) in [6.45, 7) is 0. The van der Waals surface area contributed by atoms with Crippen molar-refractivity contribution >= 4 is 92.8 Å². The van der Waals surface area contributed by atoms with Gasteiger partial charge in [0.15, 0.2) is 6.17 Å². The number of anilines is 3. The molecule has 2 aromatic carbocycles. The summed E-state index contributed by atoms with van der Waals surface area (Å²) in [5.74, 6) is -0.872. The predicted octanol–water partition coefficient (Wildman–Crippen LogP) is 5.64. The molecule has 2 N–H and O–H groups in total. The molecule has 1 aliphatic rings. The lowest BCUT2D eigenvalue weighted by atomic mass is 10.2. The number of urea groups is 1. The molecule has 3 rings (SSSR count). The van der Waals surface area contributed by atoms with E-state index < -0.39 is 21.9 Å². The smallest absolute Gasteiger partial charge is 0.337 e. The SMILES string of the molecule is CNc1ccccc1N1C(=O)N(C)C(=O)C1=NC(Nc1ccc(Cl)cc1Cl)C(Cl)(Cl)Cl. The highest BCUT2D eigenvalue weighted by Gasteiger charge is 2.44. The van der Waals surface area contributed by atoms with Crippen LogP contribution in [0.25, 0.3) is 0 Å². The summed E-state index contributed by atoms with van der Waals surface area (Å²) < 4.78 is -1.99. The van der Waals surface area contributed by atoms with Crippen LogP contribution in [-0.2, 0) is 4.79 Å². The Morgan fingerprint density at radius 1 is 1.03 bits per heavy atom. The van der Waals surface area contributed by atoms with Crippen LogP contribution in [0.15, 0.2) is 47.5 Å². The summed E-state index contributed by atoms with van der Waals surface area (Å²) >= 11 is 30.5. The molecule has 1 saturated heterocycles. The van der Waals surface area contributed by atoms with Gasteiger partial charge in [0.2, 0.25) is 9.63 Å². The number of alkyl halides is 3. The van der Waals surface area contributed by atoms with Crippen molar-refractivity contribution in [3.63, 3.8) is 0 Å². The number of carbonyl (C=O) groups is 2. The molecular weight excluding hydrogens is 508 g/mol. The molecule has 0 bridgehead atoms. The second-order valence-electron chi connectivity index (χ2n) is 6.41. The average Bonchev–Trinajstić information content (AvgIpc) is 2.92. The fourth-order valence-corrected chi connectivity index (χ4v) is 3.62. The van der Waals surface area contributed by atoms with Gasteiger partial charge in [0, 0.05) is 19.1 Å². The van der Waals surface area contributed by atoms with Crippen LogP contribution in [0.3, 0.4) is 0 Å². The Kier molecular flexibility index (Phi) is 7.13. The lowest BCUT2D eigenvalue weighted by Crippen LogP contribution is -2.38. The van der Waals surface area contributed by atoms with E-state index >= 15 is 0 Å². The topological polar surface area (TPSA) is 77.0 Å². The van der Waals surface area contributed by atoms with E-state index in [1.54, 1.807) is 43.4 Å². The molecule has 164 valence electrons. The summed E-state index contributed by atoms with van der Waals surface area (Å²) in [5, 5.41) is 6.55. The van der Waals surface area contributed by atoms with Crippen molar-refractivity contribution in [1.29, 1.82) is 0 Å². The molecule has 0 aliphatic carbocycles. The first-order valence-corrected chi connectivity index (χ1v) is 10.7.